The number of hydrogen-bond donors (Lipinski definition) is 1. The lowest BCUT2D eigenvalue weighted by molar-refractivity contribution is 0.128. The molecule has 20 heavy (non-hydrogen) atoms. The van der Waals surface area contributed by atoms with Crippen molar-refractivity contribution in [1.82, 2.24) is 25.0 Å². The molecule has 1 N–H and O–H groups in total. The van der Waals surface area contributed by atoms with Gasteiger partial charge in [0.05, 0.1) is 11.9 Å². The Labute approximate surface area is 118 Å². The predicted molar refractivity (Wildman–Crippen MR) is 76.1 cm³/mol. The van der Waals surface area contributed by atoms with E-state index in [-0.39, 0.29) is 0 Å². The second-order valence-electron chi connectivity index (χ2n) is 4.36. The van der Waals surface area contributed by atoms with E-state index in [1.54, 1.807) is 10.9 Å². The van der Waals surface area contributed by atoms with Crippen LogP contribution in [0, 0.1) is 0 Å². The van der Waals surface area contributed by atoms with E-state index in [2.05, 4.69) is 32.5 Å². The Kier molecular flexibility index (Phi) is 5.00. The summed E-state index contributed by atoms with van der Waals surface area (Å²) in [5.41, 5.74) is 1.64. The van der Waals surface area contributed by atoms with Crippen molar-refractivity contribution in [2.24, 2.45) is 7.05 Å². The van der Waals surface area contributed by atoms with Gasteiger partial charge < -0.3 is 10.1 Å². The molecule has 0 unspecified atom stereocenters. The first-order chi connectivity index (χ1) is 9.74. The molecule has 2 heterocycles. The first-order valence-electron chi connectivity index (χ1n) is 6.79. The first-order valence-corrected chi connectivity index (χ1v) is 6.79. The van der Waals surface area contributed by atoms with Crippen LogP contribution in [0.3, 0.4) is 0 Å². The highest BCUT2D eigenvalue weighted by Crippen LogP contribution is 2.18. The van der Waals surface area contributed by atoms with Gasteiger partial charge in [0.2, 0.25) is 0 Å². The van der Waals surface area contributed by atoms with Crippen LogP contribution in [0.15, 0.2) is 12.3 Å². The molecule has 0 aliphatic carbocycles. The fraction of sp³-hybridized carbons (Fsp3) is 0.538. The van der Waals surface area contributed by atoms with Crippen LogP contribution in [-0.4, -0.2) is 38.1 Å². The van der Waals surface area contributed by atoms with Crippen molar-refractivity contribution in [3.8, 4) is 11.4 Å². The van der Waals surface area contributed by atoms with Crippen LogP contribution in [-0.2, 0) is 18.4 Å². The molecule has 0 atom stereocenters. The van der Waals surface area contributed by atoms with Gasteiger partial charge in [0.25, 0.3) is 0 Å². The molecule has 0 fully saturated rings. The smallest absolute Gasteiger partial charge is 0.157 e. The molecule has 2 rings (SSSR count). The molecule has 0 aliphatic rings. The molecule has 7 nitrogen and oxygen atoms in total. The minimum absolute atomic E-state index is 0.399. The maximum atomic E-state index is 5.39. The minimum Gasteiger partial charge on any atom is -0.374 e. The van der Waals surface area contributed by atoms with E-state index < -0.39 is 0 Å². The standard InChI is InChI=1S/C13H20N6O/c1-4-6-14-12-7-10(11-8-15-18-19(11)3)16-13(17-12)9-20-5-2/h7-8H,4-6,9H2,1-3H3,(H,14,16,17). The normalized spacial score (nSPS) is 10.8. The van der Waals surface area contributed by atoms with Gasteiger partial charge in [-0.05, 0) is 13.3 Å². The van der Waals surface area contributed by atoms with Gasteiger partial charge in [-0.15, -0.1) is 5.10 Å². The zero-order valence-electron chi connectivity index (χ0n) is 12.1. The number of ether oxygens (including phenoxy) is 1. The Morgan fingerprint density at radius 1 is 1.30 bits per heavy atom. The topological polar surface area (TPSA) is 77.8 Å². The van der Waals surface area contributed by atoms with Crippen molar-refractivity contribution < 1.29 is 4.74 Å². The van der Waals surface area contributed by atoms with E-state index in [4.69, 9.17) is 4.74 Å². The summed E-state index contributed by atoms with van der Waals surface area (Å²) in [6.07, 6.45) is 2.73. The summed E-state index contributed by atoms with van der Waals surface area (Å²) in [6.45, 7) is 5.97. The lowest BCUT2D eigenvalue weighted by Gasteiger charge is -2.09. The third kappa shape index (κ3) is 3.51. The summed E-state index contributed by atoms with van der Waals surface area (Å²) in [5.74, 6) is 1.46. The highest BCUT2D eigenvalue weighted by atomic mass is 16.5. The Balaban J connectivity index is 2.32. The average molecular weight is 276 g/mol. The molecule has 0 radical (unpaired) electrons. The highest BCUT2D eigenvalue weighted by molar-refractivity contribution is 5.57. The first kappa shape index (κ1) is 14.4. The molecule has 0 saturated heterocycles. The van der Waals surface area contributed by atoms with E-state index >= 15 is 0 Å². The number of aryl methyl sites for hydroxylation is 1. The monoisotopic (exact) mass is 276 g/mol. The third-order valence-corrected chi connectivity index (χ3v) is 2.74. The van der Waals surface area contributed by atoms with Crippen LogP contribution >= 0.6 is 0 Å². The molecule has 0 bridgehead atoms. The number of hydrogen-bond acceptors (Lipinski definition) is 6. The van der Waals surface area contributed by atoms with Crippen molar-refractivity contribution in [3.63, 3.8) is 0 Å². The largest absolute Gasteiger partial charge is 0.374 e. The summed E-state index contributed by atoms with van der Waals surface area (Å²) in [5, 5.41) is 11.1. The van der Waals surface area contributed by atoms with Gasteiger partial charge in [0.15, 0.2) is 5.82 Å². The van der Waals surface area contributed by atoms with Crippen molar-refractivity contribution in [1.29, 1.82) is 0 Å². The summed E-state index contributed by atoms with van der Waals surface area (Å²) in [6, 6.07) is 1.91. The highest BCUT2D eigenvalue weighted by Gasteiger charge is 2.10. The maximum Gasteiger partial charge on any atom is 0.157 e. The maximum absolute atomic E-state index is 5.39. The van der Waals surface area contributed by atoms with Crippen LogP contribution in [0.25, 0.3) is 11.4 Å². The van der Waals surface area contributed by atoms with Gasteiger partial charge in [-0.1, -0.05) is 12.1 Å². The Bertz CT molecular complexity index is 527. The molecule has 2 aromatic rings. The van der Waals surface area contributed by atoms with Crippen LogP contribution in [0.4, 0.5) is 5.82 Å². The second-order valence-corrected chi connectivity index (χ2v) is 4.36. The summed E-state index contributed by atoms with van der Waals surface area (Å²) >= 11 is 0. The minimum atomic E-state index is 0.399. The van der Waals surface area contributed by atoms with Gasteiger partial charge in [0.1, 0.15) is 18.1 Å². The number of nitrogens with one attached hydrogen (secondary N) is 1. The fourth-order valence-corrected chi connectivity index (χ4v) is 1.75. The van der Waals surface area contributed by atoms with E-state index in [0.717, 1.165) is 30.2 Å². The van der Waals surface area contributed by atoms with Crippen molar-refractivity contribution >= 4 is 5.82 Å². The lowest BCUT2D eigenvalue weighted by Crippen LogP contribution is -2.08. The van der Waals surface area contributed by atoms with Crippen molar-refractivity contribution in [2.75, 3.05) is 18.5 Å². The molecule has 0 spiro atoms. The Morgan fingerprint density at radius 3 is 2.80 bits per heavy atom. The quantitative estimate of drug-likeness (QED) is 0.828. The Hall–Kier alpha value is -2.02. The van der Waals surface area contributed by atoms with E-state index in [0.29, 0.717) is 19.0 Å². The molecule has 0 saturated carbocycles. The molecule has 0 aromatic carbocycles. The van der Waals surface area contributed by atoms with E-state index in [1.165, 1.54) is 0 Å². The Morgan fingerprint density at radius 2 is 2.15 bits per heavy atom. The molecule has 0 aliphatic heterocycles. The zero-order valence-corrected chi connectivity index (χ0v) is 12.1. The third-order valence-electron chi connectivity index (χ3n) is 2.74. The molecular weight excluding hydrogens is 256 g/mol. The van der Waals surface area contributed by atoms with Crippen LogP contribution in [0.1, 0.15) is 26.1 Å². The molecule has 7 heteroatoms. The number of aromatic nitrogens is 5. The fourth-order valence-electron chi connectivity index (χ4n) is 1.75. The van der Waals surface area contributed by atoms with Gasteiger partial charge >= 0.3 is 0 Å². The summed E-state index contributed by atoms with van der Waals surface area (Å²) in [4.78, 5) is 8.96. The molecule has 108 valence electrons. The molecule has 2 aromatic heterocycles. The SMILES string of the molecule is CCCNc1cc(-c2cnnn2C)nc(COCC)n1. The number of rotatable bonds is 7. The second kappa shape index (κ2) is 6.95. The van der Waals surface area contributed by atoms with Crippen LogP contribution in [0.5, 0.6) is 0 Å². The van der Waals surface area contributed by atoms with Gasteiger partial charge in [-0.25, -0.2) is 14.6 Å². The molecule has 0 amide bonds. The molecular formula is C13H20N6O. The van der Waals surface area contributed by atoms with Gasteiger partial charge in [-0.3, -0.25) is 0 Å². The lowest BCUT2D eigenvalue weighted by atomic mass is 10.3. The number of nitrogens with zero attached hydrogens (tertiary/aromatic N) is 5. The van der Waals surface area contributed by atoms with Crippen LogP contribution in [0.2, 0.25) is 0 Å². The van der Waals surface area contributed by atoms with Crippen LogP contribution < -0.4 is 5.32 Å². The van der Waals surface area contributed by atoms with Crippen molar-refractivity contribution in [2.45, 2.75) is 26.9 Å². The van der Waals surface area contributed by atoms with Gasteiger partial charge in [0, 0.05) is 26.3 Å². The summed E-state index contributed by atoms with van der Waals surface area (Å²) in [7, 11) is 1.84. The van der Waals surface area contributed by atoms with Gasteiger partial charge in [-0.2, -0.15) is 0 Å². The summed E-state index contributed by atoms with van der Waals surface area (Å²) < 4.78 is 7.08. The average Bonchev–Trinajstić information content (AvgIpc) is 2.89. The predicted octanol–water partition coefficient (Wildman–Crippen LogP) is 1.63. The zero-order chi connectivity index (χ0) is 14.4. The number of anilines is 1. The van der Waals surface area contributed by atoms with Crippen molar-refractivity contribution in [3.05, 3.63) is 18.1 Å². The van der Waals surface area contributed by atoms with E-state index in [1.807, 2.05) is 20.0 Å². The van der Waals surface area contributed by atoms with E-state index in [9.17, 15) is 0 Å².